The fraction of sp³-hybridized carbons (Fsp3) is 1.00. The van der Waals surface area contributed by atoms with Gasteiger partial charge in [-0.2, -0.15) is 0 Å². The summed E-state index contributed by atoms with van der Waals surface area (Å²) in [6.07, 6.45) is 30.7. The van der Waals surface area contributed by atoms with Crippen LogP contribution >= 0.6 is 0 Å². The van der Waals surface area contributed by atoms with Crippen molar-refractivity contribution >= 4 is 0 Å². The van der Waals surface area contributed by atoms with Crippen LogP contribution < -0.4 is 0 Å². The molecule has 0 N–H and O–H groups in total. The van der Waals surface area contributed by atoms with Crippen molar-refractivity contribution in [1.29, 1.82) is 0 Å². The molecule has 0 radical (unpaired) electrons. The van der Waals surface area contributed by atoms with Crippen molar-refractivity contribution in [3.05, 3.63) is 0 Å². The van der Waals surface area contributed by atoms with Crippen LogP contribution in [0.4, 0.5) is 0 Å². The van der Waals surface area contributed by atoms with Crippen LogP contribution in [0.2, 0.25) is 0 Å². The van der Waals surface area contributed by atoms with Gasteiger partial charge in [0.15, 0.2) is 0 Å². The molecule has 0 saturated carbocycles. The molecule has 0 aromatic rings. The van der Waals surface area contributed by atoms with E-state index in [1.807, 2.05) is 0 Å². The molecule has 0 spiro atoms. The highest BCUT2D eigenvalue weighted by atomic mass is 14.1. The normalized spacial score (nSPS) is 13.8. The predicted molar refractivity (Wildman–Crippen MR) is 127 cm³/mol. The van der Waals surface area contributed by atoms with E-state index in [1.165, 1.54) is 135 Å². The highest BCUT2D eigenvalue weighted by Gasteiger charge is 2.04. The van der Waals surface area contributed by atoms with Gasteiger partial charge in [0, 0.05) is 0 Å². The maximum Gasteiger partial charge on any atom is -0.0443 e. The molecule has 0 nitrogen and oxygen atoms in total. The Morgan fingerprint density at radius 2 is 0.593 bits per heavy atom. The summed E-state index contributed by atoms with van der Waals surface area (Å²) in [6.45, 7) is 9.55. The number of rotatable bonds is 22. The molecule has 0 fully saturated rings. The van der Waals surface area contributed by atoms with Crippen LogP contribution in [0.3, 0.4) is 0 Å². The van der Waals surface area contributed by atoms with Gasteiger partial charge < -0.3 is 0 Å². The molecule has 27 heavy (non-hydrogen) atoms. The second kappa shape index (κ2) is 22.3. The van der Waals surface area contributed by atoms with Crippen LogP contribution in [0.1, 0.15) is 163 Å². The molecule has 0 aliphatic heterocycles. The van der Waals surface area contributed by atoms with E-state index in [0.717, 1.165) is 11.8 Å². The molecule has 0 aliphatic rings. The first kappa shape index (κ1) is 27.0. The average molecular weight is 381 g/mol. The minimum absolute atomic E-state index is 0.962. The monoisotopic (exact) mass is 380 g/mol. The molecule has 0 saturated heterocycles. The van der Waals surface area contributed by atoms with Crippen molar-refractivity contribution in [2.24, 2.45) is 11.8 Å². The molecule has 0 aromatic carbocycles. The lowest BCUT2D eigenvalue weighted by atomic mass is 9.94. The van der Waals surface area contributed by atoms with Crippen molar-refractivity contribution in [1.82, 2.24) is 0 Å². The van der Waals surface area contributed by atoms with Gasteiger partial charge in [-0.05, 0) is 11.8 Å². The standard InChI is InChI=1S/C27H56/c1-5-7-9-10-11-12-13-14-15-16-17-19-23-27(4)25-21-18-20-24-26(3)22-8-6-2/h26-27H,5-25H2,1-4H3. The quantitative estimate of drug-likeness (QED) is 0.164. The molecule has 0 aliphatic carbocycles. The van der Waals surface area contributed by atoms with Crippen LogP contribution in [0.25, 0.3) is 0 Å². The van der Waals surface area contributed by atoms with Gasteiger partial charge in [0.2, 0.25) is 0 Å². The van der Waals surface area contributed by atoms with Crippen LogP contribution in [-0.4, -0.2) is 0 Å². The van der Waals surface area contributed by atoms with E-state index in [9.17, 15) is 0 Å². The Labute approximate surface area is 174 Å². The highest BCUT2D eigenvalue weighted by Crippen LogP contribution is 2.20. The Bertz CT molecular complexity index is 257. The van der Waals surface area contributed by atoms with Gasteiger partial charge in [-0.1, -0.05) is 163 Å². The maximum absolute atomic E-state index is 2.49. The average Bonchev–Trinajstić information content (AvgIpc) is 2.67. The zero-order chi connectivity index (χ0) is 20.0. The number of hydrogen-bond acceptors (Lipinski definition) is 0. The molecule has 2 unspecified atom stereocenters. The van der Waals surface area contributed by atoms with E-state index >= 15 is 0 Å². The topological polar surface area (TPSA) is 0 Å². The summed E-state index contributed by atoms with van der Waals surface area (Å²) in [5.41, 5.74) is 0. The van der Waals surface area contributed by atoms with E-state index in [-0.39, 0.29) is 0 Å². The van der Waals surface area contributed by atoms with Crippen LogP contribution in [0.15, 0.2) is 0 Å². The van der Waals surface area contributed by atoms with E-state index in [2.05, 4.69) is 27.7 Å². The van der Waals surface area contributed by atoms with Gasteiger partial charge in [0.05, 0.1) is 0 Å². The minimum atomic E-state index is 0.962. The third-order valence-corrected chi connectivity index (χ3v) is 6.49. The lowest BCUT2D eigenvalue weighted by Gasteiger charge is -2.12. The van der Waals surface area contributed by atoms with Crippen molar-refractivity contribution in [2.45, 2.75) is 163 Å². The zero-order valence-corrected chi connectivity index (χ0v) is 20.0. The molecule has 164 valence electrons. The van der Waals surface area contributed by atoms with E-state index in [4.69, 9.17) is 0 Å². The molecule has 0 aromatic heterocycles. The first-order chi connectivity index (χ1) is 13.2. The Morgan fingerprint density at radius 3 is 0.963 bits per heavy atom. The SMILES string of the molecule is CCCCCCCCCCCCCCC(C)CCCCCC(C)CCCC. The van der Waals surface area contributed by atoms with E-state index < -0.39 is 0 Å². The van der Waals surface area contributed by atoms with Crippen LogP contribution in [0.5, 0.6) is 0 Å². The zero-order valence-electron chi connectivity index (χ0n) is 20.0. The lowest BCUT2D eigenvalue weighted by Crippen LogP contribution is -1.97. The molecule has 2 atom stereocenters. The smallest absolute Gasteiger partial charge is 0.0443 e. The summed E-state index contributed by atoms with van der Waals surface area (Å²) in [4.78, 5) is 0. The third kappa shape index (κ3) is 22.2. The second-order valence-corrected chi connectivity index (χ2v) is 9.67. The Hall–Kier alpha value is 0. The van der Waals surface area contributed by atoms with Crippen molar-refractivity contribution in [3.63, 3.8) is 0 Å². The molecular formula is C27H56. The van der Waals surface area contributed by atoms with Crippen molar-refractivity contribution in [3.8, 4) is 0 Å². The number of hydrogen-bond donors (Lipinski definition) is 0. The van der Waals surface area contributed by atoms with Gasteiger partial charge in [-0.3, -0.25) is 0 Å². The Balaban J connectivity index is 3.20. The summed E-state index contributed by atoms with van der Waals surface area (Å²) in [7, 11) is 0. The highest BCUT2D eigenvalue weighted by molar-refractivity contribution is 4.58. The van der Waals surface area contributed by atoms with Crippen LogP contribution in [0, 0.1) is 11.8 Å². The largest absolute Gasteiger partial charge is 0.0654 e. The lowest BCUT2D eigenvalue weighted by molar-refractivity contribution is 0.411. The molecule has 0 heteroatoms. The van der Waals surface area contributed by atoms with Crippen molar-refractivity contribution in [2.75, 3.05) is 0 Å². The summed E-state index contributed by atoms with van der Waals surface area (Å²) >= 11 is 0. The van der Waals surface area contributed by atoms with E-state index in [0.29, 0.717) is 0 Å². The van der Waals surface area contributed by atoms with Gasteiger partial charge in [-0.25, -0.2) is 0 Å². The summed E-state index contributed by atoms with van der Waals surface area (Å²) in [6, 6.07) is 0. The maximum atomic E-state index is 2.49. The molecular weight excluding hydrogens is 324 g/mol. The third-order valence-electron chi connectivity index (χ3n) is 6.49. The minimum Gasteiger partial charge on any atom is -0.0654 e. The Morgan fingerprint density at radius 1 is 0.333 bits per heavy atom. The van der Waals surface area contributed by atoms with Gasteiger partial charge >= 0.3 is 0 Å². The molecule has 0 heterocycles. The second-order valence-electron chi connectivity index (χ2n) is 9.67. The van der Waals surface area contributed by atoms with E-state index in [1.54, 1.807) is 0 Å². The first-order valence-corrected chi connectivity index (χ1v) is 13.2. The van der Waals surface area contributed by atoms with Gasteiger partial charge in [0.25, 0.3) is 0 Å². The fourth-order valence-electron chi connectivity index (χ4n) is 4.34. The first-order valence-electron chi connectivity index (χ1n) is 13.2. The molecule has 0 amide bonds. The summed E-state index contributed by atoms with van der Waals surface area (Å²) in [5, 5.41) is 0. The fourth-order valence-corrected chi connectivity index (χ4v) is 4.34. The summed E-state index contributed by atoms with van der Waals surface area (Å²) < 4.78 is 0. The Kier molecular flexibility index (Phi) is 22.3. The molecule has 0 bridgehead atoms. The number of unbranched alkanes of at least 4 members (excludes halogenated alkanes) is 14. The van der Waals surface area contributed by atoms with Crippen LogP contribution in [-0.2, 0) is 0 Å². The van der Waals surface area contributed by atoms with Gasteiger partial charge in [0.1, 0.15) is 0 Å². The molecule has 0 rings (SSSR count). The predicted octanol–water partition coefficient (Wildman–Crippen LogP) is 10.5. The summed E-state index contributed by atoms with van der Waals surface area (Å²) in [5.74, 6) is 1.93. The van der Waals surface area contributed by atoms with Crippen molar-refractivity contribution < 1.29 is 0 Å². The van der Waals surface area contributed by atoms with Gasteiger partial charge in [-0.15, -0.1) is 0 Å².